The number of para-hydroxylation sites is 2. The molecule has 0 heterocycles. The Balaban J connectivity index is 1.87. The number of benzene rings is 2. The smallest absolute Gasteiger partial charge is 0.0410 e. The second-order valence-electron chi connectivity index (χ2n) is 5.80. The van der Waals surface area contributed by atoms with E-state index in [9.17, 15) is 0 Å². The van der Waals surface area contributed by atoms with Crippen molar-refractivity contribution < 1.29 is 0 Å². The van der Waals surface area contributed by atoms with Gasteiger partial charge in [0.2, 0.25) is 0 Å². The first-order valence-corrected chi connectivity index (χ1v) is 8.58. The second-order valence-corrected chi connectivity index (χ2v) is 5.80. The molecule has 0 N–H and O–H groups in total. The van der Waals surface area contributed by atoms with Crippen molar-refractivity contribution in [3.05, 3.63) is 67.6 Å². The lowest BCUT2D eigenvalue weighted by Crippen LogP contribution is -2.18. The summed E-state index contributed by atoms with van der Waals surface area (Å²) in [5.74, 6) is 0. The molecular formula is C21H28N. The summed E-state index contributed by atoms with van der Waals surface area (Å²) in [5, 5.41) is 0. The van der Waals surface area contributed by atoms with E-state index in [2.05, 4.69) is 72.5 Å². The van der Waals surface area contributed by atoms with Gasteiger partial charge in [0.25, 0.3) is 0 Å². The summed E-state index contributed by atoms with van der Waals surface area (Å²) in [4.78, 5) is 2.43. The Morgan fingerprint density at radius 2 is 1.05 bits per heavy atom. The Morgan fingerprint density at radius 3 is 1.55 bits per heavy atom. The Hall–Kier alpha value is -1.76. The summed E-state index contributed by atoms with van der Waals surface area (Å²) >= 11 is 0. The third-order valence-electron chi connectivity index (χ3n) is 4.02. The van der Waals surface area contributed by atoms with Crippen LogP contribution in [0.25, 0.3) is 0 Å². The molecule has 117 valence electrons. The molecule has 0 spiro atoms. The zero-order chi connectivity index (χ0) is 15.5. The fourth-order valence-corrected chi connectivity index (χ4v) is 2.78. The fraction of sp³-hybridized carbons (Fsp3) is 0.381. The molecular weight excluding hydrogens is 266 g/mol. The van der Waals surface area contributed by atoms with Gasteiger partial charge in [0.05, 0.1) is 0 Å². The topological polar surface area (TPSA) is 3.24 Å². The average molecular weight is 294 g/mol. The highest BCUT2D eigenvalue weighted by Gasteiger charge is 2.07. The van der Waals surface area contributed by atoms with Crippen LogP contribution in [0.3, 0.4) is 0 Å². The maximum Gasteiger partial charge on any atom is 0.0410 e. The highest BCUT2D eigenvalue weighted by atomic mass is 15.1. The number of rotatable bonds is 10. The van der Waals surface area contributed by atoms with E-state index in [1.165, 1.54) is 49.9 Å². The zero-order valence-corrected chi connectivity index (χ0v) is 13.6. The molecule has 0 saturated heterocycles. The highest BCUT2D eigenvalue weighted by Crippen LogP contribution is 2.25. The average Bonchev–Trinajstić information content (AvgIpc) is 2.59. The minimum Gasteiger partial charge on any atom is -0.341 e. The largest absolute Gasteiger partial charge is 0.341 e. The second kappa shape index (κ2) is 10.0. The molecule has 1 nitrogen and oxygen atoms in total. The van der Waals surface area contributed by atoms with E-state index in [-0.39, 0.29) is 0 Å². The van der Waals surface area contributed by atoms with Gasteiger partial charge in [0.15, 0.2) is 0 Å². The van der Waals surface area contributed by atoms with E-state index in [4.69, 9.17) is 0 Å². The van der Waals surface area contributed by atoms with Gasteiger partial charge in [-0.2, -0.15) is 0 Å². The van der Waals surface area contributed by atoms with E-state index >= 15 is 0 Å². The molecule has 0 amide bonds. The van der Waals surface area contributed by atoms with Crippen molar-refractivity contribution in [3.63, 3.8) is 0 Å². The lowest BCUT2D eigenvalue weighted by Gasteiger charge is -2.25. The first-order chi connectivity index (χ1) is 10.9. The van der Waals surface area contributed by atoms with Crippen LogP contribution in [0.5, 0.6) is 0 Å². The van der Waals surface area contributed by atoms with Crippen molar-refractivity contribution >= 4 is 11.4 Å². The van der Waals surface area contributed by atoms with Crippen molar-refractivity contribution in [2.45, 2.75) is 44.9 Å². The lowest BCUT2D eigenvalue weighted by atomic mass is 10.1. The number of hydrogen-bond acceptors (Lipinski definition) is 1. The summed E-state index contributed by atoms with van der Waals surface area (Å²) in [6.07, 6.45) is 8.95. The summed E-state index contributed by atoms with van der Waals surface area (Å²) < 4.78 is 0. The predicted molar refractivity (Wildman–Crippen MR) is 97.6 cm³/mol. The van der Waals surface area contributed by atoms with Crippen LogP contribution < -0.4 is 4.90 Å². The van der Waals surface area contributed by atoms with Crippen LogP contribution in [0, 0.1) is 6.92 Å². The van der Waals surface area contributed by atoms with Crippen LogP contribution in [-0.2, 0) is 0 Å². The van der Waals surface area contributed by atoms with E-state index in [0.717, 1.165) is 13.0 Å². The molecule has 2 rings (SSSR count). The van der Waals surface area contributed by atoms with Gasteiger partial charge in [-0.05, 0) is 30.7 Å². The Bertz CT molecular complexity index is 452. The van der Waals surface area contributed by atoms with Crippen LogP contribution in [0.15, 0.2) is 60.7 Å². The molecule has 2 aromatic carbocycles. The van der Waals surface area contributed by atoms with Gasteiger partial charge in [-0.1, -0.05) is 81.8 Å². The van der Waals surface area contributed by atoms with E-state index < -0.39 is 0 Å². The molecule has 0 fully saturated rings. The van der Waals surface area contributed by atoms with Crippen LogP contribution in [0.1, 0.15) is 44.9 Å². The minimum atomic E-state index is 1.08. The molecule has 0 aliphatic heterocycles. The van der Waals surface area contributed by atoms with Crippen LogP contribution in [0.4, 0.5) is 11.4 Å². The monoisotopic (exact) mass is 294 g/mol. The highest BCUT2D eigenvalue weighted by molar-refractivity contribution is 5.62. The van der Waals surface area contributed by atoms with Crippen molar-refractivity contribution in [3.8, 4) is 0 Å². The molecule has 0 saturated carbocycles. The SMILES string of the molecule is [CH2]CCCCCCCCN(c1ccccc1)c1ccccc1. The van der Waals surface area contributed by atoms with Gasteiger partial charge in [-0.25, -0.2) is 0 Å². The van der Waals surface area contributed by atoms with Gasteiger partial charge in [0.1, 0.15) is 0 Å². The number of hydrogen-bond donors (Lipinski definition) is 0. The lowest BCUT2D eigenvalue weighted by molar-refractivity contribution is 0.598. The minimum absolute atomic E-state index is 1.08. The molecule has 22 heavy (non-hydrogen) atoms. The van der Waals surface area contributed by atoms with Gasteiger partial charge >= 0.3 is 0 Å². The molecule has 1 heteroatoms. The zero-order valence-electron chi connectivity index (χ0n) is 13.6. The quantitative estimate of drug-likeness (QED) is 0.459. The summed E-state index contributed by atoms with van der Waals surface area (Å²) in [6.45, 7) is 4.99. The molecule has 0 unspecified atom stereocenters. The van der Waals surface area contributed by atoms with E-state index in [1.54, 1.807) is 0 Å². The molecule has 0 atom stereocenters. The predicted octanol–water partition coefficient (Wildman–Crippen LogP) is 6.39. The maximum absolute atomic E-state index is 3.90. The first-order valence-electron chi connectivity index (χ1n) is 8.58. The Morgan fingerprint density at radius 1 is 0.591 bits per heavy atom. The third kappa shape index (κ3) is 5.55. The van der Waals surface area contributed by atoms with Gasteiger partial charge in [0, 0.05) is 17.9 Å². The standard InChI is InChI=1S/C21H28N/c1-2-3-4-5-6-7-14-19-22(20-15-10-8-11-16-20)21-17-12-9-13-18-21/h8-13,15-18H,1-7,14,19H2. The summed E-state index contributed by atoms with van der Waals surface area (Å²) in [5.41, 5.74) is 2.57. The van der Waals surface area contributed by atoms with E-state index in [1.807, 2.05) is 0 Å². The van der Waals surface area contributed by atoms with Crippen molar-refractivity contribution in [1.29, 1.82) is 0 Å². The van der Waals surface area contributed by atoms with Gasteiger partial charge in [-0.3, -0.25) is 0 Å². The first kappa shape index (κ1) is 16.6. The Labute approximate surface area is 136 Å². The summed E-state index contributed by atoms with van der Waals surface area (Å²) in [7, 11) is 0. The van der Waals surface area contributed by atoms with Crippen LogP contribution in [0.2, 0.25) is 0 Å². The molecule has 0 aromatic heterocycles. The fourth-order valence-electron chi connectivity index (χ4n) is 2.78. The van der Waals surface area contributed by atoms with Crippen LogP contribution >= 0.6 is 0 Å². The molecule has 0 bridgehead atoms. The van der Waals surface area contributed by atoms with Crippen molar-refractivity contribution in [2.75, 3.05) is 11.4 Å². The molecule has 0 aliphatic rings. The van der Waals surface area contributed by atoms with E-state index in [0.29, 0.717) is 0 Å². The molecule has 2 aromatic rings. The summed E-state index contributed by atoms with van der Waals surface area (Å²) in [6, 6.07) is 21.4. The molecule has 1 radical (unpaired) electrons. The Kier molecular flexibility index (Phi) is 7.59. The van der Waals surface area contributed by atoms with Crippen LogP contribution in [-0.4, -0.2) is 6.54 Å². The number of nitrogens with zero attached hydrogens (tertiary/aromatic N) is 1. The maximum atomic E-state index is 3.90. The molecule has 0 aliphatic carbocycles. The number of unbranched alkanes of at least 4 members (excludes halogenated alkanes) is 6. The number of anilines is 2. The van der Waals surface area contributed by atoms with Gasteiger partial charge in [-0.15, -0.1) is 0 Å². The van der Waals surface area contributed by atoms with Crippen molar-refractivity contribution in [2.24, 2.45) is 0 Å². The third-order valence-corrected chi connectivity index (χ3v) is 4.02. The van der Waals surface area contributed by atoms with Gasteiger partial charge < -0.3 is 4.90 Å². The van der Waals surface area contributed by atoms with Crippen molar-refractivity contribution in [1.82, 2.24) is 0 Å². The normalized spacial score (nSPS) is 10.6.